The van der Waals surface area contributed by atoms with Gasteiger partial charge in [-0.3, -0.25) is 34.1 Å². The molecule has 28 heteroatoms. The average Bonchev–Trinajstić information content (AvgIpc) is 0.802. The molecule has 6 heterocycles. The number of rotatable bonds is 29. The zero-order valence-corrected chi connectivity index (χ0v) is 56.5. The second-order valence-corrected chi connectivity index (χ2v) is 28.9. The Kier molecular flexibility index (Phi) is 20.6. The summed E-state index contributed by atoms with van der Waals surface area (Å²) in [5.41, 5.74) is 4.48. The van der Waals surface area contributed by atoms with Crippen molar-refractivity contribution >= 4 is 74.2 Å². The number of benzene rings is 3. The number of fused-ring (bicyclic) bond motifs is 2. The van der Waals surface area contributed by atoms with E-state index in [0.29, 0.717) is 79.5 Å². The first-order valence-electron chi connectivity index (χ1n) is 33.4. The number of carboxylic acids is 2. The molecule has 3 aromatic heterocycles. The Hall–Kier alpha value is -8.90. The molecule has 0 radical (unpaired) electrons. The Morgan fingerprint density at radius 2 is 1.60 bits per heavy atom. The summed E-state index contributed by atoms with van der Waals surface area (Å²) in [6.45, 7) is 9.02. The van der Waals surface area contributed by atoms with Crippen LogP contribution in [0.15, 0.2) is 91.1 Å². The van der Waals surface area contributed by atoms with Gasteiger partial charge in [-0.05, 0) is 135 Å². The van der Waals surface area contributed by atoms with Gasteiger partial charge in [-0.15, -0.1) is 0 Å². The molecule has 4 aliphatic carbocycles. The molecule has 4 saturated carbocycles. The van der Waals surface area contributed by atoms with Crippen molar-refractivity contribution in [2.75, 3.05) is 69.9 Å². The Labute approximate surface area is 575 Å². The first-order valence-corrected chi connectivity index (χ1v) is 34.2. The number of pyridine rings is 1. The summed E-state index contributed by atoms with van der Waals surface area (Å²) in [7, 11) is 1.59. The third-order valence-corrected chi connectivity index (χ3v) is 20.8. The Morgan fingerprint density at radius 1 is 0.818 bits per heavy atom. The average molecular weight is 1380 g/mol. The lowest BCUT2D eigenvalue weighted by molar-refractivity contribution is -0.271. The van der Waals surface area contributed by atoms with Gasteiger partial charge in [0.15, 0.2) is 16.9 Å². The molecule has 2 unspecified atom stereocenters. The molecule has 1 saturated heterocycles. The van der Waals surface area contributed by atoms with E-state index in [0.717, 1.165) is 65.6 Å². The Bertz CT molecular complexity index is 4030. The maximum atomic E-state index is 13.8. The molecular weight excluding hydrogens is 1300 g/mol. The predicted octanol–water partition coefficient (Wildman–Crippen LogP) is 7.05. The van der Waals surface area contributed by atoms with Gasteiger partial charge < -0.3 is 69.1 Å². The van der Waals surface area contributed by atoms with Crippen LogP contribution in [0.1, 0.15) is 121 Å². The van der Waals surface area contributed by atoms with E-state index < -0.39 is 54.3 Å². The number of unbranched alkanes of at least 4 members (excludes halogenated alkanes) is 2. The van der Waals surface area contributed by atoms with Crippen molar-refractivity contribution in [3.05, 3.63) is 125 Å². The number of amides is 5. The zero-order valence-electron chi connectivity index (χ0n) is 55.7. The second kappa shape index (κ2) is 29.1. The number of aliphatic carboxylic acids is 1. The number of ether oxygens (including phenoxy) is 6. The number of carbonyl (C=O) groups is 7. The van der Waals surface area contributed by atoms with Crippen molar-refractivity contribution in [3.63, 3.8) is 0 Å². The highest BCUT2D eigenvalue weighted by molar-refractivity contribution is 7.22. The maximum Gasteiger partial charge on any atom is 0.409 e. The fourth-order valence-electron chi connectivity index (χ4n) is 16.3. The summed E-state index contributed by atoms with van der Waals surface area (Å²) in [5.74, 6) is -3.23. The van der Waals surface area contributed by atoms with Crippen LogP contribution in [0.4, 0.5) is 15.7 Å². The summed E-state index contributed by atoms with van der Waals surface area (Å²) < 4.78 is 38.7. The fourth-order valence-corrected chi connectivity index (χ4v) is 17.2. The van der Waals surface area contributed by atoms with Crippen LogP contribution in [-0.4, -0.2) is 193 Å². The number of carboxylic acid groups (broad SMARTS) is 2. The number of aromatic nitrogens is 4. The number of imide groups is 1. The van der Waals surface area contributed by atoms with E-state index in [2.05, 4.69) is 29.5 Å². The van der Waals surface area contributed by atoms with Gasteiger partial charge >= 0.3 is 18.0 Å². The summed E-state index contributed by atoms with van der Waals surface area (Å²) in [5, 5.41) is 63.5. The molecule has 3 aliphatic heterocycles. The molecule has 7 atom stereocenters. The van der Waals surface area contributed by atoms with E-state index in [4.69, 9.17) is 38.5 Å². The van der Waals surface area contributed by atoms with Crippen molar-refractivity contribution < 1.29 is 87.5 Å². The summed E-state index contributed by atoms with van der Waals surface area (Å²) in [6, 6.07) is 21.6. The fraction of sp³-hybridized carbons (Fsp3) is 0.493. The molecular formula is C71H83N9O18S. The summed E-state index contributed by atoms with van der Waals surface area (Å²) in [6.07, 6.45) is 2.06. The number of anilines is 2. The number of para-hydroxylation sites is 1. The number of aliphatic hydroxyl groups excluding tert-OH is 3. The van der Waals surface area contributed by atoms with Crippen LogP contribution in [0.3, 0.4) is 0 Å². The maximum absolute atomic E-state index is 13.8. The number of aliphatic hydroxyl groups is 3. The largest absolute Gasteiger partial charge is 0.491 e. The monoisotopic (exact) mass is 1380 g/mol. The van der Waals surface area contributed by atoms with Crippen LogP contribution in [0.25, 0.3) is 21.3 Å². The summed E-state index contributed by atoms with van der Waals surface area (Å²) in [4.78, 5) is 102. The van der Waals surface area contributed by atoms with Crippen molar-refractivity contribution in [1.29, 1.82) is 0 Å². The highest BCUT2D eigenvalue weighted by atomic mass is 32.1. The van der Waals surface area contributed by atoms with Gasteiger partial charge in [0.2, 0.25) is 12.2 Å². The number of thiazole rings is 1. The van der Waals surface area contributed by atoms with Crippen molar-refractivity contribution in [1.82, 2.24) is 34.9 Å². The van der Waals surface area contributed by atoms with E-state index in [-0.39, 0.29) is 115 Å². The van der Waals surface area contributed by atoms with E-state index in [1.165, 1.54) is 45.4 Å². The number of likely N-dealkylation sites (N-methyl/N-ethyl adjacent to an activating group) is 1. The van der Waals surface area contributed by atoms with Crippen molar-refractivity contribution in [2.24, 2.45) is 16.2 Å². The topological polar surface area (TPSA) is 353 Å². The molecule has 4 bridgehead atoms. The highest BCUT2D eigenvalue weighted by Gasteiger charge is 2.66. The minimum atomic E-state index is -1.97. The van der Waals surface area contributed by atoms with Gasteiger partial charge in [-0.25, -0.2) is 24.4 Å². The summed E-state index contributed by atoms with van der Waals surface area (Å²) >= 11 is 1.41. The molecule has 6 aromatic rings. The van der Waals surface area contributed by atoms with Gasteiger partial charge in [0.25, 0.3) is 17.7 Å². The number of nitrogens with zero attached hydrogens (tertiary/aromatic N) is 7. The third kappa shape index (κ3) is 15.6. The number of carbonyl (C=O) groups excluding carboxylic acids is 5. The number of nitrogens with one attached hydrogen (secondary N) is 2. The quantitative estimate of drug-likeness (QED) is 0.0183. The smallest absolute Gasteiger partial charge is 0.409 e. The van der Waals surface area contributed by atoms with Crippen LogP contribution in [-0.2, 0) is 64.2 Å². The van der Waals surface area contributed by atoms with Gasteiger partial charge in [0.05, 0.1) is 41.8 Å². The van der Waals surface area contributed by atoms with Crippen LogP contribution < -0.4 is 25.0 Å². The normalized spacial score (nSPS) is 25.2. The molecule has 13 rings (SSSR count). The Balaban J connectivity index is 0.646. The van der Waals surface area contributed by atoms with Crippen LogP contribution >= 0.6 is 11.3 Å². The molecule has 27 nitrogen and oxygen atoms in total. The first kappa shape index (κ1) is 70.0. The van der Waals surface area contributed by atoms with E-state index >= 15 is 0 Å². The van der Waals surface area contributed by atoms with Crippen molar-refractivity contribution in [2.45, 2.75) is 147 Å². The molecule has 3 aromatic carbocycles. The van der Waals surface area contributed by atoms with E-state index in [9.17, 15) is 59.1 Å². The highest BCUT2D eigenvalue weighted by Crippen LogP contribution is 2.72. The molecule has 526 valence electrons. The van der Waals surface area contributed by atoms with Crippen LogP contribution in [0.2, 0.25) is 0 Å². The molecule has 99 heavy (non-hydrogen) atoms. The van der Waals surface area contributed by atoms with Gasteiger partial charge in [-0.2, -0.15) is 5.10 Å². The second-order valence-electron chi connectivity index (χ2n) is 27.8. The van der Waals surface area contributed by atoms with Crippen molar-refractivity contribution in [3.8, 4) is 22.6 Å². The first-order chi connectivity index (χ1) is 47.4. The molecule has 7 N–H and O–H groups in total. The van der Waals surface area contributed by atoms with Gasteiger partial charge in [0.1, 0.15) is 48.8 Å². The lowest BCUT2D eigenvalue weighted by Crippen LogP contribution is -2.64. The molecule has 7 aliphatic rings. The lowest BCUT2D eigenvalue weighted by atomic mass is 9.39. The minimum Gasteiger partial charge on any atom is -0.491 e. The van der Waals surface area contributed by atoms with E-state index in [1.54, 1.807) is 31.4 Å². The number of hydrogen-bond acceptors (Lipinski definition) is 21. The standard InChI is InChI=1S/C71H83N9O18S/c1-42-48(46-18-19-53(75-57(46)63(88)89)78-25-22-43-11-10-12-47(49(43)33-78)62(87)76-66-74-50-13-7-8-14-52(50)99-66)32-73-80(42)41-70-36-68(2)35-69(3,37-70)39-71(38-68,40-70)96-28-26-77(4)67(92)95-34-44-16-17-45(31-51(44)97-65-60(86)58(84)59(85)61(98-65)64(90)91)94-30-29-93-27-23-72-54(81)15-6-5-9-24-79-55(82)20-21-56(79)83/h7-8,10-14,16-21,31-32,58-61,65,84-86H,5-6,9,15,22-30,33-41H2,1-4H3,(H,72,81)(H,88,89)(H,90,91)(H,74,76,87)/t58-,59+,60-,61-,65+,68?,69?,70?,71?/m0/s1. The molecule has 5 fully saturated rings. The predicted molar refractivity (Wildman–Crippen MR) is 359 cm³/mol. The minimum absolute atomic E-state index is 0.0376. The molecule has 0 spiro atoms. The van der Waals surface area contributed by atoms with E-state index in [1.807, 2.05) is 59.0 Å². The van der Waals surface area contributed by atoms with Gasteiger partial charge in [0, 0.05) is 98.9 Å². The van der Waals surface area contributed by atoms with Crippen LogP contribution in [0.5, 0.6) is 11.5 Å². The SMILES string of the molecule is Cc1c(-c2ccc(N3CCc4cccc(C(=O)Nc5nc6ccccc6s5)c4C3)nc2C(=O)O)cnn1CC12CC3(C)CC(C)(C1)CC(OCCN(C)C(=O)OCc1ccc(OCCOCCNC(=O)CCCCCN4C(=O)C=CC4=O)cc1O[C@@H]1O[C@H](C(=O)O)[C@H](O)[C@H](O)[C@@H]1O)(C3)C2. The zero-order chi connectivity index (χ0) is 70.0. The lowest BCUT2D eigenvalue weighted by Gasteiger charge is -2.69. The Morgan fingerprint density at radius 3 is 2.35 bits per heavy atom. The third-order valence-electron chi connectivity index (χ3n) is 19.8. The van der Waals surface area contributed by atoms with Crippen LogP contribution in [0, 0.1) is 23.2 Å². The van der Waals surface area contributed by atoms with Gasteiger partial charge in [-0.1, -0.05) is 55.9 Å². The number of hydrogen-bond donors (Lipinski definition) is 7. The molecule has 5 amide bonds. The number of aromatic carboxylic acids is 1.